The molecule has 1 aliphatic heterocycles. The largest absolute Gasteiger partial charge is 0.469 e. The van der Waals surface area contributed by atoms with Crippen molar-refractivity contribution in [2.24, 2.45) is 5.92 Å². The lowest BCUT2D eigenvalue weighted by Gasteiger charge is -2.17. The third kappa shape index (κ3) is 2.83. The summed E-state index contributed by atoms with van der Waals surface area (Å²) < 4.78 is 11.1. The summed E-state index contributed by atoms with van der Waals surface area (Å²) >= 11 is 0. The maximum atomic E-state index is 12.1. The summed E-state index contributed by atoms with van der Waals surface area (Å²) in [6.07, 6.45) is 0.334. The van der Waals surface area contributed by atoms with E-state index in [9.17, 15) is 4.79 Å². The topological polar surface area (TPSA) is 35.5 Å². The molecule has 1 heterocycles. The Labute approximate surface area is 124 Å². The van der Waals surface area contributed by atoms with Crippen molar-refractivity contribution in [3.05, 3.63) is 71.8 Å². The van der Waals surface area contributed by atoms with E-state index in [4.69, 9.17) is 9.47 Å². The molecule has 0 aromatic heterocycles. The first-order valence-corrected chi connectivity index (χ1v) is 7.13. The van der Waals surface area contributed by atoms with E-state index in [1.165, 1.54) is 7.11 Å². The highest BCUT2D eigenvalue weighted by Gasteiger charge is 2.41. The lowest BCUT2D eigenvalue weighted by molar-refractivity contribution is -0.147. The molecule has 0 unspecified atom stereocenters. The van der Waals surface area contributed by atoms with Gasteiger partial charge in [0.05, 0.1) is 25.2 Å². The number of methoxy groups -OCH3 is 1. The van der Waals surface area contributed by atoms with Crippen LogP contribution in [0.15, 0.2) is 60.7 Å². The zero-order chi connectivity index (χ0) is 14.7. The molecule has 3 heteroatoms. The lowest BCUT2D eigenvalue weighted by Crippen LogP contribution is -2.19. The van der Waals surface area contributed by atoms with Gasteiger partial charge in [0.1, 0.15) is 0 Å². The van der Waals surface area contributed by atoms with Crippen LogP contribution in [0.5, 0.6) is 0 Å². The lowest BCUT2D eigenvalue weighted by atomic mass is 9.93. The van der Waals surface area contributed by atoms with Gasteiger partial charge in [-0.2, -0.15) is 0 Å². The monoisotopic (exact) mass is 282 g/mol. The molecule has 0 saturated carbocycles. The maximum Gasteiger partial charge on any atom is 0.311 e. The van der Waals surface area contributed by atoms with Crippen molar-refractivity contribution in [3.63, 3.8) is 0 Å². The van der Waals surface area contributed by atoms with Gasteiger partial charge < -0.3 is 9.47 Å². The van der Waals surface area contributed by atoms with Crippen LogP contribution in [-0.2, 0) is 14.3 Å². The van der Waals surface area contributed by atoms with Gasteiger partial charge >= 0.3 is 5.97 Å². The fourth-order valence-electron chi connectivity index (χ4n) is 2.89. The summed E-state index contributed by atoms with van der Waals surface area (Å²) in [4.78, 5) is 12.1. The summed E-state index contributed by atoms with van der Waals surface area (Å²) in [6, 6.07) is 19.9. The van der Waals surface area contributed by atoms with E-state index in [0.717, 1.165) is 11.1 Å². The molecule has 1 saturated heterocycles. The van der Waals surface area contributed by atoms with Gasteiger partial charge in [-0.15, -0.1) is 0 Å². The molecule has 3 rings (SSSR count). The zero-order valence-electron chi connectivity index (χ0n) is 11.9. The molecular formula is C18H18O3. The third-order valence-electron chi connectivity index (χ3n) is 3.95. The average molecular weight is 282 g/mol. The fourth-order valence-corrected chi connectivity index (χ4v) is 2.89. The summed E-state index contributed by atoms with van der Waals surface area (Å²) in [6.45, 7) is 0. The highest BCUT2D eigenvalue weighted by Crippen LogP contribution is 2.45. The van der Waals surface area contributed by atoms with Gasteiger partial charge in [-0.25, -0.2) is 0 Å². The Balaban J connectivity index is 1.89. The predicted molar refractivity (Wildman–Crippen MR) is 79.6 cm³/mol. The van der Waals surface area contributed by atoms with Crippen molar-refractivity contribution in [2.75, 3.05) is 7.11 Å². The second-order valence-corrected chi connectivity index (χ2v) is 5.23. The van der Waals surface area contributed by atoms with Gasteiger partial charge in [-0.1, -0.05) is 60.7 Å². The molecule has 3 nitrogen and oxygen atoms in total. The molecule has 1 fully saturated rings. The number of ether oxygens (including phenoxy) is 2. The molecular weight excluding hydrogens is 264 g/mol. The van der Waals surface area contributed by atoms with Crippen LogP contribution in [0.1, 0.15) is 29.8 Å². The van der Waals surface area contributed by atoms with Crippen LogP contribution in [0.4, 0.5) is 0 Å². The summed E-state index contributed by atoms with van der Waals surface area (Å²) in [7, 11) is 1.43. The molecule has 0 bridgehead atoms. The summed E-state index contributed by atoms with van der Waals surface area (Å²) in [5.74, 6) is -0.468. The van der Waals surface area contributed by atoms with E-state index in [0.29, 0.717) is 6.42 Å². The number of carbonyl (C=O) groups excluding carboxylic acids is 1. The summed E-state index contributed by atoms with van der Waals surface area (Å²) in [5, 5.41) is 0. The number of hydrogen-bond donors (Lipinski definition) is 0. The molecule has 0 spiro atoms. The molecule has 0 aliphatic carbocycles. The molecule has 0 amide bonds. The van der Waals surface area contributed by atoms with E-state index in [1.807, 2.05) is 60.7 Å². The number of hydrogen-bond acceptors (Lipinski definition) is 3. The minimum atomic E-state index is -0.261. The van der Waals surface area contributed by atoms with Crippen molar-refractivity contribution in [2.45, 2.75) is 18.6 Å². The molecule has 0 N–H and O–H groups in total. The maximum absolute atomic E-state index is 12.1. The standard InChI is InChI=1S/C18H18O3/c1-20-18(19)15-12-16(13-8-4-2-5-9-13)21-17(15)14-10-6-3-7-11-14/h2-11,15-17H,12H2,1H3/t15-,16+,17+/m0/s1. The quantitative estimate of drug-likeness (QED) is 0.806. The minimum Gasteiger partial charge on any atom is -0.469 e. The first kappa shape index (κ1) is 13.8. The Kier molecular flexibility index (Phi) is 4.02. The van der Waals surface area contributed by atoms with Crippen LogP contribution in [-0.4, -0.2) is 13.1 Å². The number of carbonyl (C=O) groups is 1. The second-order valence-electron chi connectivity index (χ2n) is 5.23. The van der Waals surface area contributed by atoms with Crippen LogP contribution in [0.2, 0.25) is 0 Å². The predicted octanol–water partition coefficient (Wildman–Crippen LogP) is 3.68. The van der Waals surface area contributed by atoms with E-state index < -0.39 is 0 Å². The smallest absolute Gasteiger partial charge is 0.311 e. The van der Waals surface area contributed by atoms with Gasteiger partial charge in [0, 0.05) is 0 Å². The molecule has 2 aromatic carbocycles. The third-order valence-corrected chi connectivity index (χ3v) is 3.95. The van der Waals surface area contributed by atoms with E-state index in [2.05, 4.69) is 0 Å². The van der Waals surface area contributed by atoms with Crippen molar-refractivity contribution in [3.8, 4) is 0 Å². The SMILES string of the molecule is COC(=O)[C@H]1C[C@H](c2ccccc2)O[C@@H]1c1ccccc1. The first-order chi connectivity index (χ1) is 10.3. The summed E-state index contributed by atoms with van der Waals surface area (Å²) in [5.41, 5.74) is 2.12. The molecule has 108 valence electrons. The van der Waals surface area contributed by atoms with Crippen LogP contribution in [0.3, 0.4) is 0 Å². The minimum absolute atomic E-state index is 0.0690. The highest BCUT2D eigenvalue weighted by molar-refractivity contribution is 5.73. The van der Waals surface area contributed by atoms with Gasteiger partial charge in [0.2, 0.25) is 0 Å². The van der Waals surface area contributed by atoms with Gasteiger partial charge in [-0.3, -0.25) is 4.79 Å². The van der Waals surface area contributed by atoms with Crippen molar-refractivity contribution in [1.29, 1.82) is 0 Å². The number of rotatable bonds is 3. The number of benzene rings is 2. The Bertz CT molecular complexity index is 594. The van der Waals surface area contributed by atoms with Gasteiger partial charge in [0.15, 0.2) is 0 Å². The Morgan fingerprint density at radius 3 is 2.14 bits per heavy atom. The van der Waals surface area contributed by atoms with Crippen LogP contribution in [0, 0.1) is 5.92 Å². The van der Waals surface area contributed by atoms with Crippen molar-refractivity contribution in [1.82, 2.24) is 0 Å². The fraction of sp³-hybridized carbons (Fsp3) is 0.278. The van der Waals surface area contributed by atoms with Crippen molar-refractivity contribution >= 4 is 5.97 Å². The molecule has 3 atom stereocenters. The van der Waals surface area contributed by atoms with E-state index >= 15 is 0 Å². The first-order valence-electron chi connectivity index (χ1n) is 7.13. The molecule has 1 aliphatic rings. The van der Waals surface area contributed by atoms with E-state index in [1.54, 1.807) is 0 Å². The number of esters is 1. The van der Waals surface area contributed by atoms with E-state index in [-0.39, 0.29) is 24.1 Å². The molecule has 2 aromatic rings. The molecule has 0 radical (unpaired) electrons. The van der Waals surface area contributed by atoms with Gasteiger partial charge in [-0.05, 0) is 17.5 Å². The Morgan fingerprint density at radius 1 is 1.00 bits per heavy atom. The van der Waals surface area contributed by atoms with Crippen molar-refractivity contribution < 1.29 is 14.3 Å². The zero-order valence-corrected chi connectivity index (χ0v) is 11.9. The highest BCUT2D eigenvalue weighted by atomic mass is 16.5. The van der Waals surface area contributed by atoms with Crippen LogP contribution < -0.4 is 0 Å². The van der Waals surface area contributed by atoms with Crippen LogP contribution >= 0.6 is 0 Å². The van der Waals surface area contributed by atoms with Crippen LogP contribution in [0.25, 0.3) is 0 Å². The normalized spacial score (nSPS) is 24.7. The Morgan fingerprint density at radius 2 is 1.57 bits per heavy atom. The van der Waals surface area contributed by atoms with Gasteiger partial charge in [0.25, 0.3) is 0 Å². The second kappa shape index (κ2) is 6.10. The molecule has 21 heavy (non-hydrogen) atoms. The Hall–Kier alpha value is -2.13. The average Bonchev–Trinajstić information content (AvgIpc) is 3.01.